The summed E-state index contributed by atoms with van der Waals surface area (Å²) in [5.74, 6) is 1.24. The molecule has 2 aromatic heterocycles. The van der Waals surface area contributed by atoms with E-state index in [0.717, 1.165) is 10.0 Å². The summed E-state index contributed by atoms with van der Waals surface area (Å²) < 4.78 is 11.6. The third-order valence-electron chi connectivity index (χ3n) is 3.07. The first-order valence-corrected chi connectivity index (χ1v) is 8.97. The Hall–Kier alpha value is -2.00. The minimum absolute atomic E-state index is 0.0696. The number of para-hydroxylation sites is 2. The van der Waals surface area contributed by atoms with Crippen molar-refractivity contribution >= 4 is 22.7 Å². The monoisotopic (exact) mass is 364 g/mol. The molecule has 0 aliphatic rings. The lowest BCUT2D eigenvalue weighted by molar-refractivity contribution is 0.252. The third-order valence-corrected chi connectivity index (χ3v) is 4.82. The van der Waals surface area contributed by atoms with Gasteiger partial charge >= 0.3 is 0 Å². The zero-order valence-corrected chi connectivity index (χ0v) is 14.3. The van der Waals surface area contributed by atoms with E-state index in [-0.39, 0.29) is 13.2 Å². The predicted molar refractivity (Wildman–Crippen MR) is 91.2 cm³/mol. The maximum atomic E-state index is 9.04. The normalized spacial score (nSPS) is 10.8. The fourth-order valence-electron chi connectivity index (χ4n) is 1.94. The smallest absolute Gasteiger partial charge is 0.161 e. The van der Waals surface area contributed by atoms with Gasteiger partial charge in [-0.1, -0.05) is 12.1 Å². The van der Waals surface area contributed by atoms with E-state index in [1.54, 1.807) is 0 Å². The summed E-state index contributed by atoms with van der Waals surface area (Å²) in [6, 6.07) is 7.40. The van der Waals surface area contributed by atoms with Gasteiger partial charge in [0, 0.05) is 10.8 Å². The number of ether oxygens (including phenoxy) is 2. The van der Waals surface area contributed by atoms with Crippen LogP contribution in [0.15, 0.2) is 35.0 Å². The van der Waals surface area contributed by atoms with Crippen molar-refractivity contribution in [3.8, 4) is 11.5 Å². The van der Waals surface area contributed by atoms with Crippen LogP contribution >= 0.6 is 22.7 Å². The highest BCUT2D eigenvalue weighted by Crippen LogP contribution is 2.28. The maximum absolute atomic E-state index is 9.04. The predicted octanol–water partition coefficient (Wildman–Crippen LogP) is 2.74. The summed E-state index contributed by atoms with van der Waals surface area (Å²) in [6.45, 7) is 0.494. The summed E-state index contributed by atoms with van der Waals surface area (Å²) in [5.41, 5.74) is 1.29. The molecule has 0 bridgehead atoms. The van der Waals surface area contributed by atoms with Crippen molar-refractivity contribution in [2.75, 3.05) is 0 Å². The van der Waals surface area contributed by atoms with Crippen LogP contribution in [-0.4, -0.2) is 20.2 Å². The number of aliphatic hydroxyl groups is 2. The van der Waals surface area contributed by atoms with Gasteiger partial charge in [-0.15, -0.1) is 22.7 Å². The van der Waals surface area contributed by atoms with E-state index in [9.17, 15) is 0 Å². The van der Waals surface area contributed by atoms with Crippen molar-refractivity contribution in [1.29, 1.82) is 0 Å². The summed E-state index contributed by atoms with van der Waals surface area (Å²) in [4.78, 5) is 8.50. The average molecular weight is 364 g/mol. The van der Waals surface area contributed by atoms with Crippen LogP contribution < -0.4 is 9.47 Å². The highest BCUT2D eigenvalue weighted by atomic mass is 32.1. The quantitative estimate of drug-likeness (QED) is 0.639. The minimum Gasteiger partial charge on any atom is -0.483 e. The molecule has 0 saturated carbocycles. The first kappa shape index (κ1) is 16.8. The minimum atomic E-state index is -0.0696. The molecule has 0 saturated heterocycles. The van der Waals surface area contributed by atoms with Gasteiger partial charge in [-0.25, -0.2) is 9.97 Å². The van der Waals surface area contributed by atoms with Crippen molar-refractivity contribution in [3.05, 3.63) is 56.4 Å². The van der Waals surface area contributed by atoms with E-state index < -0.39 is 0 Å². The molecule has 2 N–H and O–H groups in total. The molecule has 0 fully saturated rings. The van der Waals surface area contributed by atoms with E-state index in [0.29, 0.717) is 36.1 Å². The van der Waals surface area contributed by atoms with Crippen LogP contribution in [0.2, 0.25) is 0 Å². The number of nitrogens with zero attached hydrogens (tertiary/aromatic N) is 2. The van der Waals surface area contributed by atoms with Gasteiger partial charge in [-0.3, -0.25) is 0 Å². The van der Waals surface area contributed by atoms with Gasteiger partial charge in [0.05, 0.1) is 24.6 Å². The fraction of sp³-hybridized carbons (Fsp3) is 0.250. The lowest BCUT2D eigenvalue weighted by atomic mass is 10.3. The van der Waals surface area contributed by atoms with Gasteiger partial charge in [0.1, 0.15) is 23.2 Å². The zero-order valence-electron chi connectivity index (χ0n) is 12.7. The Kier molecular flexibility index (Phi) is 5.76. The Morgan fingerprint density at radius 2 is 1.25 bits per heavy atom. The molecular weight excluding hydrogens is 348 g/mol. The lowest BCUT2D eigenvalue weighted by Crippen LogP contribution is -2.00. The summed E-state index contributed by atoms with van der Waals surface area (Å²) in [6.07, 6.45) is 0. The van der Waals surface area contributed by atoms with Crippen LogP contribution in [0, 0.1) is 0 Å². The van der Waals surface area contributed by atoms with Gasteiger partial charge < -0.3 is 19.7 Å². The van der Waals surface area contributed by atoms with Crippen molar-refractivity contribution < 1.29 is 19.7 Å². The van der Waals surface area contributed by atoms with E-state index in [1.807, 2.05) is 35.0 Å². The van der Waals surface area contributed by atoms with Crippen LogP contribution in [0.25, 0.3) is 0 Å². The van der Waals surface area contributed by atoms with E-state index in [4.69, 9.17) is 19.7 Å². The Bertz CT molecular complexity index is 722. The Labute approximate surface area is 147 Å². The number of hydrogen-bond acceptors (Lipinski definition) is 8. The second kappa shape index (κ2) is 8.20. The van der Waals surface area contributed by atoms with E-state index in [2.05, 4.69) is 9.97 Å². The van der Waals surface area contributed by atoms with Crippen LogP contribution in [0.4, 0.5) is 0 Å². The van der Waals surface area contributed by atoms with Crippen molar-refractivity contribution in [2.45, 2.75) is 26.4 Å². The number of aromatic nitrogens is 2. The highest BCUT2D eigenvalue weighted by Gasteiger charge is 2.08. The lowest BCUT2D eigenvalue weighted by Gasteiger charge is -2.11. The molecule has 3 aromatic rings. The van der Waals surface area contributed by atoms with Gasteiger partial charge in [0.15, 0.2) is 11.5 Å². The molecular formula is C16H16N2O4S2. The second-order valence-electron chi connectivity index (χ2n) is 4.81. The second-order valence-corrected chi connectivity index (χ2v) is 6.69. The molecule has 0 atom stereocenters. The van der Waals surface area contributed by atoms with E-state index in [1.165, 1.54) is 22.7 Å². The SMILES string of the molecule is OCc1csc(COc2ccccc2OCc2nc(CO)cs2)n1. The number of benzene rings is 1. The molecule has 24 heavy (non-hydrogen) atoms. The molecule has 1 aromatic carbocycles. The van der Waals surface area contributed by atoms with Gasteiger partial charge in [-0.2, -0.15) is 0 Å². The molecule has 0 spiro atoms. The average Bonchev–Trinajstić information content (AvgIpc) is 3.27. The zero-order chi connectivity index (χ0) is 16.8. The van der Waals surface area contributed by atoms with Crippen LogP contribution in [-0.2, 0) is 26.4 Å². The maximum Gasteiger partial charge on any atom is 0.161 e. The van der Waals surface area contributed by atoms with Crippen LogP contribution in [0.5, 0.6) is 11.5 Å². The molecule has 2 heterocycles. The molecule has 0 unspecified atom stereocenters. The third kappa shape index (κ3) is 4.30. The molecule has 0 aliphatic carbocycles. The first-order chi connectivity index (χ1) is 11.8. The topological polar surface area (TPSA) is 84.7 Å². The largest absolute Gasteiger partial charge is 0.483 e. The van der Waals surface area contributed by atoms with Gasteiger partial charge in [0.25, 0.3) is 0 Å². The number of rotatable bonds is 8. The first-order valence-electron chi connectivity index (χ1n) is 7.21. The molecule has 0 radical (unpaired) electrons. The highest BCUT2D eigenvalue weighted by molar-refractivity contribution is 7.09. The Balaban J connectivity index is 1.61. The van der Waals surface area contributed by atoms with Crippen LogP contribution in [0.1, 0.15) is 21.4 Å². The van der Waals surface area contributed by atoms with Gasteiger partial charge in [-0.05, 0) is 12.1 Å². The molecule has 6 nitrogen and oxygen atoms in total. The van der Waals surface area contributed by atoms with Crippen molar-refractivity contribution in [3.63, 3.8) is 0 Å². The summed E-state index contributed by atoms with van der Waals surface area (Å²) >= 11 is 2.89. The standard InChI is InChI=1S/C16H16N2O4S2/c19-5-11-9-23-15(17-11)7-21-13-3-1-2-4-14(13)22-8-16-18-12(6-20)10-24-16/h1-4,9-10,19-20H,5-8H2. The summed E-state index contributed by atoms with van der Waals surface area (Å²) in [7, 11) is 0. The van der Waals surface area contributed by atoms with E-state index >= 15 is 0 Å². The van der Waals surface area contributed by atoms with Crippen molar-refractivity contribution in [1.82, 2.24) is 9.97 Å². The number of aliphatic hydroxyl groups excluding tert-OH is 2. The molecule has 126 valence electrons. The van der Waals surface area contributed by atoms with Crippen molar-refractivity contribution in [2.24, 2.45) is 0 Å². The molecule has 0 amide bonds. The van der Waals surface area contributed by atoms with Gasteiger partial charge in [0.2, 0.25) is 0 Å². The molecule has 3 rings (SSSR count). The number of thiazole rings is 2. The number of hydrogen-bond donors (Lipinski definition) is 2. The molecule has 8 heteroatoms. The Morgan fingerprint density at radius 1 is 0.792 bits per heavy atom. The fourth-order valence-corrected chi connectivity index (χ4v) is 3.34. The van der Waals surface area contributed by atoms with Crippen LogP contribution in [0.3, 0.4) is 0 Å². The molecule has 0 aliphatic heterocycles. The Morgan fingerprint density at radius 3 is 1.62 bits per heavy atom. The summed E-state index contributed by atoms with van der Waals surface area (Å²) in [5, 5.41) is 23.3.